The van der Waals surface area contributed by atoms with Crippen molar-refractivity contribution in [1.29, 1.82) is 0 Å². The van der Waals surface area contributed by atoms with Crippen molar-refractivity contribution < 1.29 is 13.9 Å². The molecule has 1 fully saturated rings. The zero-order valence-corrected chi connectivity index (χ0v) is 13.5. The lowest BCUT2D eigenvalue weighted by Gasteiger charge is -2.40. The van der Waals surface area contributed by atoms with Crippen molar-refractivity contribution in [3.05, 3.63) is 0 Å². The van der Waals surface area contributed by atoms with Gasteiger partial charge in [-0.1, -0.05) is 6.92 Å². The SMILES string of the molecule is CCC(=O)N1CCN(P(=O)(OC(C)C)N(C)C)CC1. The molecule has 1 rings (SSSR count). The molecule has 0 N–H and O–H groups in total. The quantitative estimate of drug-likeness (QED) is 0.721. The summed E-state index contributed by atoms with van der Waals surface area (Å²) in [6.07, 6.45) is 0.428. The number of carbonyl (C=O) groups excluding carboxylic acids is 1. The summed E-state index contributed by atoms with van der Waals surface area (Å²) >= 11 is 0. The lowest BCUT2D eigenvalue weighted by Crippen LogP contribution is -2.48. The molecule has 0 saturated carbocycles. The van der Waals surface area contributed by atoms with Gasteiger partial charge in [0, 0.05) is 32.6 Å². The van der Waals surface area contributed by atoms with Crippen LogP contribution in [0.2, 0.25) is 0 Å². The highest BCUT2D eigenvalue weighted by atomic mass is 31.2. The van der Waals surface area contributed by atoms with E-state index in [0.717, 1.165) is 0 Å². The Labute approximate surface area is 116 Å². The molecule has 0 aromatic rings. The molecule has 1 aliphatic heterocycles. The van der Waals surface area contributed by atoms with E-state index in [1.807, 2.05) is 30.3 Å². The van der Waals surface area contributed by atoms with E-state index < -0.39 is 7.67 Å². The van der Waals surface area contributed by atoms with E-state index in [1.165, 1.54) is 0 Å². The van der Waals surface area contributed by atoms with Gasteiger partial charge in [-0.3, -0.25) is 9.36 Å². The van der Waals surface area contributed by atoms with E-state index in [1.54, 1.807) is 18.8 Å². The molecule has 0 bridgehead atoms. The average Bonchev–Trinajstić information content (AvgIpc) is 2.36. The van der Waals surface area contributed by atoms with Crippen LogP contribution in [-0.4, -0.2) is 66.5 Å². The number of rotatable bonds is 5. The second-order valence-electron chi connectivity index (χ2n) is 5.18. The summed E-state index contributed by atoms with van der Waals surface area (Å²) in [7, 11) is 0.582. The Morgan fingerprint density at radius 1 is 1.26 bits per heavy atom. The minimum atomic E-state index is -2.96. The van der Waals surface area contributed by atoms with Gasteiger partial charge in [0.2, 0.25) is 5.91 Å². The van der Waals surface area contributed by atoms with Gasteiger partial charge in [-0.15, -0.1) is 0 Å². The van der Waals surface area contributed by atoms with Crippen molar-refractivity contribution in [2.24, 2.45) is 0 Å². The molecule has 1 aliphatic rings. The molecule has 0 aromatic carbocycles. The monoisotopic (exact) mass is 291 g/mol. The highest BCUT2D eigenvalue weighted by molar-refractivity contribution is 7.53. The molecular formula is C12H26N3O3P. The normalized spacial score (nSPS) is 20.9. The van der Waals surface area contributed by atoms with Crippen LogP contribution in [0.1, 0.15) is 27.2 Å². The Bertz CT molecular complexity index is 352. The van der Waals surface area contributed by atoms with Crippen LogP contribution in [0.15, 0.2) is 0 Å². The first-order valence-electron chi connectivity index (χ1n) is 6.80. The van der Waals surface area contributed by atoms with Crippen molar-refractivity contribution in [3.8, 4) is 0 Å². The summed E-state index contributed by atoms with van der Waals surface area (Å²) in [5.41, 5.74) is 0. The zero-order valence-electron chi connectivity index (χ0n) is 12.6. The molecule has 0 radical (unpaired) electrons. The Morgan fingerprint density at radius 2 is 1.79 bits per heavy atom. The summed E-state index contributed by atoms with van der Waals surface area (Å²) in [6, 6.07) is 0. The molecule has 1 amide bonds. The predicted octanol–water partition coefficient (Wildman–Crippen LogP) is 1.64. The predicted molar refractivity (Wildman–Crippen MR) is 76.0 cm³/mol. The lowest BCUT2D eigenvalue weighted by molar-refractivity contribution is -0.132. The minimum absolute atomic E-state index is 0.0939. The van der Waals surface area contributed by atoms with Gasteiger partial charge in [0.25, 0.3) is 0 Å². The van der Waals surface area contributed by atoms with Gasteiger partial charge in [0.15, 0.2) is 0 Å². The second-order valence-corrected chi connectivity index (χ2v) is 7.74. The van der Waals surface area contributed by atoms with E-state index >= 15 is 0 Å². The summed E-state index contributed by atoms with van der Waals surface area (Å²) in [4.78, 5) is 13.5. The Balaban J connectivity index is 2.70. The number of nitrogens with zero attached hydrogens (tertiary/aromatic N) is 3. The fraction of sp³-hybridized carbons (Fsp3) is 0.917. The van der Waals surface area contributed by atoms with Crippen molar-refractivity contribution in [3.63, 3.8) is 0 Å². The maximum atomic E-state index is 13.0. The van der Waals surface area contributed by atoms with Crippen LogP contribution < -0.4 is 0 Å². The van der Waals surface area contributed by atoms with Crippen molar-refractivity contribution >= 4 is 13.6 Å². The van der Waals surface area contributed by atoms with E-state index in [0.29, 0.717) is 32.6 Å². The van der Waals surface area contributed by atoms with Gasteiger partial charge in [-0.2, -0.15) is 0 Å². The molecule has 6 nitrogen and oxygen atoms in total. The zero-order chi connectivity index (χ0) is 14.6. The largest absolute Gasteiger partial charge is 0.345 e. The van der Waals surface area contributed by atoms with Crippen LogP contribution in [-0.2, 0) is 13.9 Å². The third-order valence-electron chi connectivity index (χ3n) is 3.12. The van der Waals surface area contributed by atoms with Crippen LogP contribution >= 0.6 is 7.67 Å². The minimum Gasteiger partial charge on any atom is -0.340 e. The Morgan fingerprint density at radius 3 is 2.16 bits per heavy atom. The summed E-state index contributed by atoms with van der Waals surface area (Å²) in [5.74, 6) is 0.157. The van der Waals surface area contributed by atoms with Crippen molar-refractivity contribution in [1.82, 2.24) is 14.2 Å². The third kappa shape index (κ3) is 4.02. The van der Waals surface area contributed by atoms with Gasteiger partial charge < -0.3 is 9.42 Å². The fourth-order valence-corrected chi connectivity index (χ4v) is 4.17. The summed E-state index contributed by atoms with van der Waals surface area (Å²) in [5, 5.41) is 0. The van der Waals surface area contributed by atoms with Gasteiger partial charge in [0.1, 0.15) is 0 Å². The molecule has 0 aromatic heterocycles. The van der Waals surface area contributed by atoms with E-state index in [4.69, 9.17) is 4.52 Å². The van der Waals surface area contributed by atoms with E-state index in [-0.39, 0.29) is 12.0 Å². The maximum Gasteiger partial charge on any atom is 0.345 e. The van der Waals surface area contributed by atoms with Gasteiger partial charge >= 0.3 is 7.67 Å². The average molecular weight is 291 g/mol. The Kier molecular flexibility index (Phi) is 5.99. The summed E-state index contributed by atoms with van der Waals surface area (Å²) < 4.78 is 22.1. The first-order chi connectivity index (χ1) is 8.81. The van der Waals surface area contributed by atoms with Gasteiger partial charge in [-0.25, -0.2) is 9.34 Å². The molecule has 19 heavy (non-hydrogen) atoms. The van der Waals surface area contributed by atoms with Crippen molar-refractivity contribution in [2.75, 3.05) is 40.3 Å². The van der Waals surface area contributed by atoms with E-state index in [9.17, 15) is 9.36 Å². The number of piperazine rings is 1. The third-order valence-corrected chi connectivity index (χ3v) is 5.94. The van der Waals surface area contributed by atoms with Crippen LogP contribution in [0.3, 0.4) is 0 Å². The van der Waals surface area contributed by atoms with Crippen LogP contribution in [0.4, 0.5) is 0 Å². The van der Waals surface area contributed by atoms with Gasteiger partial charge in [-0.05, 0) is 27.9 Å². The second kappa shape index (κ2) is 6.84. The molecule has 7 heteroatoms. The standard InChI is InChI=1S/C12H26N3O3P/c1-6-12(16)14-7-9-15(10-8-14)19(17,13(4)5)18-11(2)3/h11H,6-10H2,1-5H3. The van der Waals surface area contributed by atoms with Crippen LogP contribution in [0, 0.1) is 0 Å². The number of amides is 1. The Hall–Kier alpha value is -0.420. The number of hydrogen-bond acceptors (Lipinski definition) is 3. The number of carbonyl (C=O) groups is 1. The maximum absolute atomic E-state index is 13.0. The van der Waals surface area contributed by atoms with E-state index in [2.05, 4.69) is 0 Å². The number of hydrogen-bond donors (Lipinski definition) is 0. The fourth-order valence-electron chi connectivity index (χ4n) is 2.11. The molecule has 1 unspecified atom stereocenters. The molecule has 0 spiro atoms. The highest BCUT2D eigenvalue weighted by Gasteiger charge is 2.38. The highest BCUT2D eigenvalue weighted by Crippen LogP contribution is 2.53. The lowest BCUT2D eigenvalue weighted by atomic mass is 10.3. The van der Waals surface area contributed by atoms with Crippen LogP contribution in [0.25, 0.3) is 0 Å². The first-order valence-corrected chi connectivity index (χ1v) is 8.33. The smallest absolute Gasteiger partial charge is 0.340 e. The molecule has 1 saturated heterocycles. The topological polar surface area (TPSA) is 53.1 Å². The summed E-state index contributed by atoms with van der Waals surface area (Å²) in [6.45, 7) is 8.04. The molecule has 1 heterocycles. The van der Waals surface area contributed by atoms with Crippen molar-refractivity contribution in [2.45, 2.75) is 33.3 Å². The molecule has 1 atom stereocenters. The molecular weight excluding hydrogens is 265 g/mol. The van der Waals surface area contributed by atoms with Gasteiger partial charge in [0.05, 0.1) is 6.10 Å². The van der Waals surface area contributed by atoms with Crippen LogP contribution in [0.5, 0.6) is 0 Å². The molecule has 0 aliphatic carbocycles. The molecule has 112 valence electrons. The first kappa shape index (κ1) is 16.6.